The van der Waals surface area contributed by atoms with Gasteiger partial charge in [-0.3, -0.25) is 4.79 Å². The van der Waals surface area contributed by atoms with Gasteiger partial charge in [-0.25, -0.2) is 13.4 Å². The van der Waals surface area contributed by atoms with E-state index in [4.69, 9.17) is 4.42 Å². The van der Waals surface area contributed by atoms with Gasteiger partial charge in [0.05, 0.1) is 32.4 Å². The first-order valence-corrected chi connectivity index (χ1v) is 11.3. The number of aromatic nitrogens is 1. The van der Waals surface area contributed by atoms with Gasteiger partial charge in [0.1, 0.15) is 11.6 Å². The van der Waals surface area contributed by atoms with Gasteiger partial charge in [0.25, 0.3) is 0 Å². The largest absolute Gasteiger partial charge is 1.00 e. The van der Waals surface area contributed by atoms with Crippen LogP contribution in [0.5, 0.6) is 0 Å². The van der Waals surface area contributed by atoms with Crippen LogP contribution in [0.25, 0.3) is 21.9 Å². The second-order valence-corrected chi connectivity index (χ2v) is 9.17. The minimum absolute atomic E-state index is 0. The molecule has 0 fully saturated rings. The van der Waals surface area contributed by atoms with E-state index in [2.05, 4.69) is 4.98 Å². The monoisotopic (exact) mass is 511 g/mol. The van der Waals surface area contributed by atoms with Gasteiger partial charge < -0.3 is 24.2 Å². The van der Waals surface area contributed by atoms with Gasteiger partial charge in [0.2, 0.25) is 9.84 Å². The van der Waals surface area contributed by atoms with Crippen molar-refractivity contribution in [2.45, 2.75) is 29.6 Å². The normalized spacial score (nSPS) is 11.0. The standard InChI is InChI=1S/C23H17NO8S.2Na/c1-2-6-13-20-15(9-14-17(25)11-18(23(28)29)32-21(13)14)19(10-16(24-20)22(26)27)33(30,31)12-7-4-3-5-8-12;;/h3-5,7-11H,2,6H2,1H3,(H,26,27)(H,28,29);;/q;2*+1/p-2. The van der Waals surface area contributed by atoms with Gasteiger partial charge in [-0.05, 0) is 30.7 Å². The Balaban J connectivity index is 0.00000216. The van der Waals surface area contributed by atoms with Crippen LogP contribution in [0.2, 0.25) is 0 Å². The Morgan fingerprint density at radius 2 is 1.63 bits per heavy atom. The number of pyridine rings is 1. The van der Waals surface area contributed by atoms with Crippen LogP contribution < -0.4 is 74.8 Å². The van der Waals surface area contributed by atoms with E-state index in [0.29, 0.717) is 6.42 Å². The molecule has 35 heavy (non-hydrogen) atoms. The van der Waals surface area contributed by atoms with Crippen LogP contribution in [0, 0.1) is 0 Å². The third kappa shape index (κ3) is 5.39. The van der Waals surface area contributed by atoms with Crippen LogP contribution in [0.15, 0.2) is 67.5 Å². The summed E-state index contributed by atoms with van der Waals surface area (Å²) in [6.07, 6.45) is 0.674. The molecule has 4 rings (SSSR count). The minimum Gasteiger partial charge on any atom is -0.543 e. The molecule has 2 aromatic heterocycles. The van der Waals surface area contributed by atoms with Gasteiger partial charge >= 0.3 is 59.1 Å². The molecule has 9 nitrogen and oxygen atoms in total. The van der Waals surface area contributed by atoms with E-state index in [1.54, 1.807) is 13.0 Å². The molecule has 0 saturated heterocycles. The fourth-order valence-corrected chi connectivity index (χ4v) is 5.13. The third-order valence-electron chi connectivity index (χ3n) is 5.11. The van der Waals surface area contributed by atoms with E-state index >= 15 is 0 Å². The third-order valence-corrected chi connectivity index (χ3v) is 6.92. The van der Waals surface area contributed by atoms with Crippen molar-refractivity contribution in [3.05, 3.63) is 75.8 Å². The summed E-state index contributed by atoms with van der Waals surface area (Å²) in [4.78, 5) is 39.2. The number of benzene rings is 2. The second-order valence-electron chi connectivity index (χ2n) is 7.25. The maximum absolute atomic E-state index is 13.4. The molecule has 0 bridgehead atoms. The number of hydrogen-bond donors (Lipinski definition) is 0. The molecule has 0 saturated carbocycles. The summed E-state index contributed by atoms with van der Waals surface area (Å²) in [5, 5.41) is 22.9. The molecular formula is C23H15NNa2O8S. The molecule has 12 heteroatoms. The number of carboxylic acids is 2. The number of sulfone groups is 1. The van der Waals surface area contributed by atoms with E-state index < -0.39 is 38.7 Å². The fourth-order valence-electron chi connectivity index (χ4n) is 3.65. The molecule has 0 spiro atoms. The first kappa shape index (κ1) is 29.2. The average Bonchev–Trinajstić information content (AvgIpc) is 2.79. The number of aryl methyl sites for hydroxylation is 1. The number of nitrogens with zero attached hydrogens (tertiary/aromatic N) is 1. The average molecular weight is 511 g/mol. The molecule has 0 N–H and O–H groups in total. The molecule has 0 aliphatic heterocycles. The molecule has 168 valence electrons. The second kappa shape index (κ2) is 11.3. The van der Waals surface area contributed by atoms with Gasteiger partial charge in [-0.2, -0.15) is 0 Å². The fraction of sp³-hybridized carbons (Fsp3) is 0.130. The van der Waals surface area contributed by atoms with Crippen LogP contribution in [0.1, 0.15) is 40.0 Å². The van der Waals surface area contributed by atoms with Gasteiger partial charge in [-0.15, -0.1) is 0 Å². The molecule has 2 heterocycles. The number of carbonyl (C=O) groups excluding carboxylic acids is 2. The number of carbonyl (C=O) groups is 2. The van der Waals surface area contributed by atoms with Crippen molar-refractivity contribution >= 4 is 43.6 Å². The summed E-state index contributed by atoms with van der Waals surface area (Å²) in [6.45, 7) is 1.79. The van der Waals surface area contributed by atoms with Gasteiger partial charge in [0, 0.05) is 17.0 Å². The topological polar surface area (TPSA) is 158 Å². The Morgan fingerprint density at radius 3 is 2.20 bits per heavy atom. The Morgan fingerprint density at radius 1 is 0.971 bits per heavy atom. The molecule has 0 atom stereocenters. The summed E-state index contributed by atoms with van der Waals surface area (Å²) >= 11 is 0. The number of hydrogen-bond acceptors (Lipinski definition) is 9. The van der Waals surface area contributed by atoms with Crippen molar-refractivity contribution in [3.63, 3.8) is 0 Å². The first-order chi connectivity index (χ1) is 15.6. The summed E-state index contributed by atoms with van der Waals surface area (Å²) in [6, 6.07) is 10.2. The summed E-state index contributed by atoms with van der Waals surface area (Å²) in [5.41, 5.74) is -1.31. The van der Waals surface area contributed by atoms with E-state index in [0.717, 1.165) is 12.1 Å². The van der Waals surface area contributed by atoms with E-state index in [9.17, 15) is 33.0 Å². The SMILES string of the molecule is CCCc1c2nc(C(=O)[O-])cc(S(=O)(=O)c3ccccc3)c2cc2c(=O)cc(C(=O)[O-])oc12.[Na+].[Na+]. The Kier molecular flexibility index (Phi) is 9.46. The van der Waals surface area contributed by atoms with Crippen molar-refractivity contribution in [3.8, 4) is 0 Å². The van der Waals surface area contributed by atoms with Crippen LogP contribution in [-0.2, 0) is 16.3 Å². The summed E-state index contributed by atoms with van der Waals surface area (Å²) in [5.74, 6) is -4.12. The number of carboxylic acid groups (broad SMARTS) is 2. The predicted octanol–water partition coefficient (Wildman–Crippen LogP) is -5.14. The summed E-state index contributed by atoms with van der Waals surface area (Å²) < 4.78 is 32.2. The van der Waals surface area contributed by atoms with Crippen molar-refractivity contribution < 1.29 is 91.8 Å². The van der Waals surface area contributed by atoms with Crippen molar-refractivity contribution in [1.29, 1.82) is 0 Å². The maximum atomic E-state index is 13.4. The zero-order chi connectivity index (χ0) is 23.9. The van der Waals surface area contributed by atoms with Crippen molar-refractivity contribution in [2.75, 3.05) is 0 Å². The smallest absolute Gasteiger partial charge is 0.543 e. The Hall–Kier alpha value is -2.05. The molecule has 0 radical (unpaired) electrons. The van der Waals surface area contributed by atoms with E-state index in [1.807, 2.05) is 0 Å². The zero-order valence-corrected chi connectivity index (χ0v) is 24.0. The molecular weight excluding hydrogens is 496 g/mol. The zero-order valence-electron chi connectivity index (χ0n) is 19.2. The maximum Gasteiger partial charge on any atom is 1.00 e. The van der Waals surface area contributed by atoms with E-state index in [1.165, 1.54) is 30.3 Å². The Bertz CT molecular complexity index is 1620. The Labute approximate surface area is 243 Å². The first-order valence-electron chi connectivity index (χ1n) is 9.82. The van der Waals surface area contributed by atoms with Crippen molar-refractivity contribution in [1.82, 2.24) is 4.98 Å². The molecule has 0 aliphatic rings. The molecule has 0 unspecified atom stereocenters. The van der Waals surface area contributed by atoms with Crippen LogP contribution >= 0.6 is 0 Å². The van der Waals surface area contributed by atoms with Gasteiger partial charge in [0.15, 0.2) is 11.2 Å². The summed E-state index contributed by atoms with van der Waals surface area (Å²) in [7, 11) is -4.22. The minimum atomic E-state index is -4.22. The number of fused-ring (bicyclic) bond motifs is 2. The quantitative estimate of drug-likeness (QED) is 0.182. The van der Waals surface area contributed by atoms with Crippen LogP contribution in [0.3, 0.4) is 0 Å². The van der Waals surface area contributed by atoms with E-state index in [-0.39, 0.29) is 103 Å². The van der Waals surface area contributed by atoms with Crippen LogP contribution in [-0.4, -0.2) is 25.3 Å². The molecule has 4 aromatic rings. The molecule has 2 aromatic carbocycles. The molecule has 0 aliphatic carbocycles. The van der Waals surface area contributed by atoms with Crippen molar-refractivity contribution in [2.24, 2.45) is 0 Å². The number of aromatic carboxylic acids is 2. The van der Waals surface area contributed by atoms with Crippen LogP contribution in [0.4, 0.5) is 0 Å². The number of rotatable bonds is 6. The predicted molar refractivity (Wildman–Crippen MR) is 112 cm³/mol. The van der Waals surface area contributed by atoms with Gasteiger partial charge in [-0.1, -0.05) is 31.5 Å². The molecule has 0 amide bonds.